The van der Waals surface area contributed by atoms with Gasteiger partial charge in [-0.3, -0.25) is 0 Å². The van der Waals surface area contributed by atoms with Gasteiger partial charge < -0.3 is 10.2 Å². The molecular formula is C13H18Cl2O2. The number of aliphatic hydroxyl groups is 2. The van der Waals surface area contributed by atoms with Crippen molar-refractivity contribution >= 4 is 23.2 Å². The van der Waals surface area contributed by atoms with Crippen LogP contribution in [0.3, 0.4) is 0 Å². The second-order valence-electron chi connectivity index (χ2n) is 4.12. The molecule has 2 atom stereocenters. The van der Waals surface area contributed by atoms with Crippen LogP contribution in [0.1, 0.15) is 31.2 Å². The molecule has 0 spiro atoms. The van der Waals surface area contributed by atoms with Crippen LogP contribution in [0.4, 0.5) is 0 Å². The number of benzene rings is 1. The topological polar surface area (TPSA) is 40.5 Å². The van der Waals surface area contributed by atoms with E-state index in [2.05, 4.69) is 0 Å². The normalized spacial score (nSPS) is 23.8. The Morgan fingerprint density at radius 2 is 1.82 bits per heavy atom. The van der Waals surface area contributed by atoms with Gasteiger partial charge in [-0.25, -0.2) is 0 Å². The van der Waals surface area contributed by atoms with Crippen molar-refractivity contribution in [3.63, 3.8) is 0 Å². The first-order valence-corrected chi connectivity index (χ1v) is 6.63. The average molecular weight is 277 g/mol. The SMILES string of the molecule is OC1CCCCC1Cl.OCc1ccccc1Cl. The van der Waals surface area contributed by atoms with E-state index in [9.17, 15) is 0 Å². The Bertz CT molecular complexity index is 321. The lowest BCUT2D eigenvalue weighted by molar-refractivity contribution is 0.134. The quantitative estimate of drug-likeness (QED) is 0.773. The van der Waals surface area contributed by atoms with Crippen molar-refractivity contribution in [2.45, 2.75) is 43.8 Å². The Labute approximate surface area is 112 Å². The van der Waals surface area contributed by atoms with Gasteiger partial charge >= 0.3 is 0 Å². The minimum absolute atomic E-state index is 0.0136. The van der Waals surface area contributed by atoms with E-state index in [1.54, 1.807) is 12.1 Å². The molecule has 0 bridgehead atoms. The molecule has 2 nitrogen and oxygen atoms in total. The maximum absolute atomic E-state index is 9.05. The molecule has 1 aromatic rings. The van der Waals surface area contributed by atoms with Gasteiger partial charge in [-0.1, -0.05) is 42.6 Å². The molecule has 1 saturated carbocycles. The summed E-state index contributed by atoms with van der Waals surface area (Å²) in [7, 11) is 0. The number of aliphatic hydroxyl groups excluding tert-OH is 2. The van der Waals surface area contributed by atoms with E-state index in [4.69, 9.17) is 33.4 Å². The second kappa shape index (κ2) is 7.93. The first-order chi connectivity index (χ1) is 8.15. The molecular weight excluding hydrogens is 259 g/mol. The molecule has 4 heteroatoms. The molecule has 1 fully saturated rings. The molecule has 2 unspecified atom stereocenters. The lowest BCUT2D eigenvalue weighted by atomic mass is 9.98. The van der Waals surface area contributed by atoms with Gasteiger partial charge in [0.05, 0.1) is 18.1 Å². The van der Waals surface area contributed by atoms with Crippen LogP contribution in [-0.4, -0.2) is 21.7 Å². The van der Waals surface area contributed by atoms with Crippen LogP contribution >= 0.6 is 23.2 Å². The smallest absolute Gasteiger partial charge is 0.0703 e. The Balaban J connectivity index is 0.000000171. The Morgan fingerprint density at radius 3 is 2.24 bits per heavy atom. The van der Waals surface area contributed by atoms with Crippen LogP contribution in [0.25, 0.3) is 0 Å². The molecule has 0 radical (unpaired) electrons. The summed E-state index contributed by atoms with van der Waals surface area (Å²) in [6, 6.07) is 7.23. The van der Waals surface area contributed by atoms with Crippen LogP contribution in [0.2, 0.25) is 5.02 Å². The van der Waals surface area contributed by atoms with Gasteiger partial charge in [-0.2, -0.15) is 0 Å². The molecule has 0 saturated heterocycles. The van der Waals surface area contributed by atoms with E-state index in [1.165, 1.54) is 6.42 Å². The van der Waals surface area contributed by atoms with Crippen LogP contribution in [0.15, 0.2) is 24.3 Å². The summed E-state index contributed by atoms with van der Waals surface area (Å²) in [5.41, 5.74) is 0.777. The molecule has 1 aliphatic rings. The maximum atomic E-state index is 9.05. The summed E-state index contributed by atoms with van der Waals surface area (Å²) in [6.07, 6.45) is 3.98. The fourth-order valence-electron chi connectivity index (χ4n) is 1.69. The Morgan fingerprint density at radius 1 is 1.18 bits per heavy atom. The first-order valence-electron chi connectivity index (χ1n) is 5.81. The lowest BCUT2D eigenvalue weighted by Gasteiger charge is -2.21. The maximum Gasteiger partial charge on any atom is 0.0703 e. The van der Waals surface area contributed by atoms with Gasteiger partial charge in [0.15, 0.2) is 0 Å². The fraction of sp³-hybridized carbons (Fsp3) is 0.538. The molecule has 1 aromatic carbocycles. The highest BCUT2D eigenvalue weighted by atomic mass is 35.5. The highest BCUT2D eigenvalue weighted by molar-refractivity contribution is 6.31. The summed E-state index contributed by atoms with van der Waals surface area (Å²) in [6.45, 7) is 0.0136. The van der Waals surface area contributed by atoms with Crippen molar-refractivity contribution in [1.29, 1.82) is 0 Å². The van der Waals surface area contributed by atoms with Crippen molar-refractivity contribution in [1.82, 2.24) is 0 Å². The highest BCUT2D eigenvalue weighted by Crippen LogP contribution is 2.22. The summed E-state index contributed by atoms with van der Waals surface area (Å²) < 4.78 is 0. The Kier molecular flexibility index (Phi) is 6.90. The predicted octanol–water partition coefficient (Wildman–Crippen LogP) is 3.36. The zero-order chi connectivity index (χ0) is 12.7. The van der Waals surface area contributed by atoms with Crippen molar-refractivity contribution in [2.75, 3.05) is 0 Å². The number of rotatable bonds is 1. The highest BCUT2D eigenvalue weighted by Gasteiger charge is 2.19. The third-order valence-corrected chi connectivity index (χ3v) is 3.65. The standard InChI is InChI=1S/C7H7ClO.C6H11ClO/c8-7-4-2-1-3-6(7)5-9;7-5-3-1-2-4-6(5)8/h1-4,9H,5H2;5-6,8H,1-4H2. The lowest BCUT2D eigenvalue weighted by Crippen LogP contribution is -2.24. The van der Waals surface area contributed by atoms with Gasteiger partial charge in [-0.15, -0.1) is 11.6 Å². The number of hydrogen-bond donors (Lipinski definition) is 2. The first kappa shape index (κ1) is 14.8. The van der Waals surface area contributed by atoms with E-state index >= 15 is 0 Å². The second-order valence-corrected chi connectivity index (χ2v) is 5.09. The zero-order valence-electron chi connectivity index (χ0n) is 9.65. The van der Waals surface area contributed by atoms with Crippen LogP contribution in [0, 0.1) is 0 Å². The molecule has 1 aliphatic carbocycles. The third-order valence-electron chi connectivity index (χ3n) is 2.78. The summed E-state index contributed by atoms with van der Waals surface area (Å²) in [5, 5.41) is 18.3. The van der Waals surface area contributed by atoms with Gasteiger partial charge in [0.2, 0.25) is 0 Å². The van der Waals surface area contributed by atoms with Crippen molar-refractivity contribution < 1.29 is 10.2 Å². The predicted molar refractivity (Wildman–Crippen MR) is 71.5 cm³/mol. The molecule has 2 N–H and O–H groups in total. The van der Waals surface area contributed by atoms with E-state index in [0.29, 0.717) is 5.02 Å². The minimum Gasteiger partial charge on any atom is -0.392 e. The monoisotopic (exact) mass is 276 g/mol. The average Bonchev–Trinajstić information content (AvgIpc) is 2.34. The molecule has 2 rings (SSSR count). The van der Waals surface area contributed by atoms with E-state index in [-0.39, 0.29) is 18.1 Å². The number of hydrogen-bond acceptors (Lipinski definition) is 2. The largest absolute Gasteiger partial charge is 0.392 e. The summed E-state index contributed by atoms with van der Waals surface area (Å²) >= 11 is 11.4. The van der Waals surface area contributed by atoms with Crippen LogP contribution in [0.5, 0.6) is 0 Å². The van der Waals surface area contributed by atoms with Crippen molar-refractivity contribution in [3.8, 4) is 0 Å². The van der Waals surface area contributed by atoms with Gasteiger partial charge in [0.25, 0.3) is 0 Å². The number of halogens is 2. The van der Waals surface area contributed by atoms with Crippen LogP contribution < -0.4 is 0 Å². The van der Waals surface area contributed by atoms with Crippen LogP contribution in [-0.2, 0) is 6.61 Å². The molecule has 0 aliphatic heterocycles. The Hall–Kier alpha value is -0.280. The summed E-state index contributed by atoms with van der Waals surface area (Å²) in [5.74, 6) is 0. The van der Waals surface area contributed by atoms with E-state index in [0.717, 1.165) is 24.8 Å². The number of alkyl halides is 1. The third kappa shape index (κ3) is 5.26. The van der Waals surface area contributed by atoms with Gasteiger partial charge in [-0.05, 0) is 24.5 Å². The van der Waals surface area contributed by atoms with Crippen molar-refractivity contribution in [3.05, 3.63) is 34.9 Å². The molecule has 0 heterocycles. The molecule has 0 amide bonds. The van der Waals surface area contributed by atoms with Crippen molar-refractivity contribution in [2.24, 2.45) is 0 Å². The van der Waals surface area contributed by atoms with E-state index in [1.807, 2.05) is 12.1 Å². The minimum atomic E-state index is -0.231. The fourth-order valence-corrected chi connectivity index (χ4v) is 2.17. The van der Waals surface area contributed by atoms with Gasteiger partial charge in [0, 0.05) is 5.02 Å². The van der Waals surface area contributed by atoms with Gasteiger partial charge in [0.1, 0.15) is 0 Å². The molecule has 17 heavy (non-hydrogen) atoms. The molecule has 96 valence electrons. The molecule has 0 aromatic heterocycles. The van der Waals surface area contributed by atoms with E-state index < -0.39 is 0 Å². The summed E-state index contributed by atoms with van der Waals surface area (Å²) in [4.78, 5) is 0. The zero-order valence-corrected chi connectivity index (χ0v) is 11.2.